The van der Waals surface area contributed by atoms with E-state index in [9.17, 15) is 0 Å². The Morgan fingerprint density at radius 2 is 1.25 bits per heavy atom. The third-order valence-corrected chi connectivity index (χ3v) is 12.2. The molecule has 2 nitrogen and oxygen atoms in total. The average molecular weight is 711 g/mol. The van der Waals surface area contributed by atoms with Gasteiger partial charge in [0.2, 0.25) is 0 Å². The van der Waals surface area contributed by atoms with Gasteiger partial charge in [-0.25, -0.2) is 0 Å². The van der Waals surface area contributed by atoms with E-state index in [1.807, 2.05) is 0 Å². The monoisotopic (exact) mass is 710 g/mol. The maximum absolute atomic E-state index is 2.48. The van der Waals surface area contributed by atoms with Crippen LogP contribution in [0, 0.1) is 0 Å². The van der Waals surface area contributed by atoms with Crippen LogP contribution < -0.4 is 4.90 Å². The fourth-order valence-electron chi connectivity index (χ4n) is 9.58. The molecule has 1 heterocycles. The third kappa shape index (κ3) is 5.97. The maximum Gasteiger partial charge on any atom is 0.0540 e. The zero-order valence-corrected chi connectivity index (χ0v) is 31.5. The Hall–Kier alpha value is -6.12. The molecule has 1 fully saturated rings. The minimum absolute atomic E-state index is 0.454. The molecule has 55 heavy (non-hydrogen) atoms. The number of aromatic nitrogens is 1. The van der Waals surface area contributed by atoms with E-state index in [1.54, 1.807) is 0 Å². The lowest BCUT2D eigenvalue weighted by molar-refractivity contribution is 0.445. The summed E-state index contributed by atoms with van der Waals surface area (Å²) in [6.45, 7) is 2.35. The lowest BCUT2D eigenvalue weighted by Crippen LogP contribution is -2.11. The molecule has 10 rings (SSSR count). The van der Waals surface area contributed by atoms with Crippen LogP contribution in [0.15, 0.2) is 170 Å². The Kier molecular flexibility index (Phi) is 8.68. The van der Waals surface area contributed by atoms with Gasteiger partial charge in [-0.05, 0) is 113 Å². The lowest BCUT2D eigenvalue weighted by atomic mass is 9.80. The number of fused-ring (bicyclic) bond motifs is 4. The van der Waals surface area contributed by atoms with E-state index in [0.717, 1.165) is 17.8 Å². The highest BCUT2D eigenvalue weighted by atomic mass is 15.1. The van der Waals surface area contributed by atoms with Crippen molar-refractivity contribution in [1.29, 1.82) is 0 Å². The van der Waals surface area contributed by atoms with Crippen molar-refractivity contribution in [1.82, 2.24) is 4.57 Å². The van der Waals surface area contributed by atoms with Crippen LogP contribution in [0.25, 0.3) is 55.7 Å². The summed E-state index contributed by atoms with van der Waals surface area (Å²) in [5.41, 5.74) is 15.2. The van der Waals surface area contributed by atoms with Gasteiger partial charge in [-0.3, -0.25) is 0 Å². The normalized spacial score (nSPS) is 15.7. The average Bonchev–Trinajstić information content (AvgIpc) is 3.60. The van der Waals surface area contributed by atoms with Crippen molar-refractivity contribution in [3.05, 3.63) is 187 Å². The van der Waals surface area contributed by atoms with Crippen molar-refractivity contribution in [2.24, 2.45) is 0 Å². The smallest absolute Gasteiger partial charge is 0.0540 e. The molecule has 0 spiro atoms. The summed E-state index contributed by atoms with van der Waals surface area (Å²) in [7, 11) is 0. The van der Waals surface area contributed by atoms with E-state index in [0.29, 0.717) is 11.8 Å². The first kappa shape index (κ1) is 33.4. The summed E-state index contributed by atoms with van der Waals surface area (Å²) >= 11 is 0. The number of para-hydroxylation sites is 3. The van der Waals surface area contributed by atoms with E-state index in [2.05, 4.69) is 192 Å². The van der Waals surface area contributed by atoms with Gasteiger partial charge in [0, 0.05) is 45.2 Å². The first-order chi connectivity index (χ1) is 27.2. The van der Waals surface area contributed by atoms with Crippen LogP contribution in [0.1, 0.15) is 74.1 Å². The van der Waals surface area contributed by atoms with Crippen molar-refractivity contribution in [3.63, 3.8) is 0 Å². The van der Waals surface area contributed by atoms with Crippen LogP contribution in [-0.2, 0) is 0 Å². The van der Waals surface area contributed by atoms with Gasteiger partial charge >= 0.3 is 0 Å². The largest absolute Gasteiger partial charge is 0.313 e. The van der Waals surface area contributed by atoms with Gasteiger partial charge in [0.1, 0.15) is 0 Å². The number of hydrogen-bond donors (Lipinski definition) is 0. The van der Waals surface area contributed by atoms with Crippen LogP contribution in [0.4, 0.5) is 17.1 Å². The quantitative estimate of drug-likeness (QED) is 0.160. The highest BCUT2D eigenvalue weighted by Crippen LogP contribution is 2.46. The predicted molar refractivity (Wildman–Crippen MR) is 234 cm³/mol. The molecule has 268 valence electrons. The Balaban J connectivity index is 1.08. The van der Waals surface area contributed by atoms with E-state index in [-0.39, 0.29) is 0 Å². The zero-order chi connectivity index (χ0) is 36.7. The first-order valence-electron chi connectivity index (χ1n) is 20.2. The first-order valence-corrected chi connectivity index (χ1v) is 20.2. The number of allylic oxidation sites excluding steroid dienone is 1. The molecule has 0 aliphatic heterocycles. The minimum Gasteiger partial charge on any atom is -0.313 e. The van der Waals surface area contributed by atoms with Gasteiger partial charge in [-0.1, -0.05) is 148 Å². The summed E-state index contributed by atoms with van der Waals surface area (Å²) in [5, 5.41) is 4.05. The molecule has 1 unspecified atom stereocenters. The van der Waals surface area contributed by atoms with Crippen LogP contribution in [-0.4, -0.2) is 4.57 Å². The molecule has 2 aliphatic rings. The van der Waals surface area contributed by atoms with Crippen molar-refractivity contribution >= 4 is 44.8 Å². The molecule has 7 aromatic carbocycles. The van der Waals surface area contributed by atoms with Gasteiger partial charge < -0.3 is 9.47 Å². The van der Waals surface area contributed by atoms with Crippen LogP contribution in [0.2, 0.25) is 0 Å². The van der Waals surface area contributed by atoms with Crippen molar-refractivity contribution < 1.29 is 0 Å². The van der Waals surface area contributed by atoms with Gasteiger partial charge in [0.15, 0.2) is 0 Å². The molecule has 0 saturated heterocycles. The molecular weight excluding hydrogens is 665 g/mol. The number of anilines is 3. The van der Waals surface area contributed by atoms with Crippen LogP contribution in [0.3, 0.4) is 0 Å². The Morgan fingerprint density at radius 3 is 2.05 bits per heavy atom. The fraction of sp³-hybridized carbons (Fsp3) is 0.170. The fourth-order valence-corrected chi connectivity index (χ4v) is 9.58. The van der Waals surface area contributed by atoms with Crippen molar-refractivity contribution in [2.75, 3.05) is 4.90 Å². The van der Waals surface area contributed by atoms with E-state index < -0.39 is 0 Å². The molecule has 2 aliphatic carbocycles. The second-order valence-corrected chi connectivity index (χ2v) is 15.6. The topological polar surface area (TPSA) is 8.17 Å². The molecule has 1 aromatic heterocycles. The molecule has 1 atom stereocenters. The van der Waals surface area contributed by atoms with Crippen LogP contribution >= 0.6 is 0 Å². The number of nitrogens with zero attached hydrogens (tertiary/aromatic N) is 2. The third-order valence-electron chi connectivity index (χ3n) is 12.2. The number of rotatable bonds is 7. The standard InChI is InChI=1S/C53H46N2/c1-37-16-13-28-48-49-36-41(32-35-51(49)55(53(37)48)43-23-9-4-10-24-43)38-30-33-44(34-31-38)54(42-21-7-3-8-22-42)50-29-12-11-25-46(50)47-27-15-20-40-19-14-26-45(52(40)47)39-17-5-2-6-18-39/h3-4,7-15,19-37,39H,2,5-6,16-18H2,1H3. The highest BCUT2D eigenvalue weighted by molar-refractivity contribution is 6.03. The molecule has 8 aromatic rings. The highest BCUT2D eigenvalue weighted by Gasteiger charge is 2.25. The molecule has 0 amide bonds. The molecule has 0 radical (unpaired) electrons. The summed E-state index contributed by atoms with van der Waals surface area (Å²) in [6.07, 6.45) is 12.3. The van der Waals surface area contributed by atoms with Gasteiger partial charge in [-0.15, -0.1) is 0 Å². The molecule has 0 N–H and O–H groups in total. The van der Waals surface area contributed by atoms with Crippen LogP contribution in [0.5, 0.6) is 0 Å². The predicted octanol–water partition coefficient (Wildman–Crippen LogP) is 15.2. The molecule has 1 saturated carbocycles. The molecule has 2 heteroatoms. The minimum atomic E-state index is 0.454. The Labute approximate surface area is 325 Å². The Bertz CT molecular complexity index is 2650. The second-order valence-electron chi connectivity index (χ2n) is 15.6. The zero-order valence-electron chi connectivity index (χ0n) is 31.5. The van der Waals surface area contributed by atoms with Gasteiger partial charge in [0.05, 0.1) is 11.2 Å². The van der Waals surface area contributed by atoms with Gasteiger partial charge in [-0.2, -0.15) is 0 Å². The van der Waals surface area contributed by atoms with E-state index in [4.69, 9.17) is 0 Å². The molecular formula is C53H46N2. The number of benzene rings is 7. The SMILES string of the molecule is CC1CC=Cc2c1n(-c1ccccc1)c1ccc(-c3ccc(N(c4ccccc4)c4ccccc4-c4cccc5cccc(C6CCCCC6)c45)cc3)cc21. The summed E-state index contributed by atoms with van der Waals surface area (Å²) in [5.74, 6) is 1.07. The van der Waals surface area contributed by atoms with Gasteiger partial charge in [0.25, 0.3) is 0 Å². The van der Waals surface area contributed by atoms with E-state index >= 15 is 0 Å². The summed E-state index contributed by atoms with van der Waals surface area (Å²) < 4.78 is 2.48. The molecule has 0 bridgehead atoms. The number of hydrogen-bond acceptors (Lipinski definition) is 1. The lowest BCUT2D eigenvalue weighted by Gasteiger charge is -2.29. The van der Waals surface area contributed by atoms with Crippen molar-refractivity contribution in [2.45, 2.75) is 57.3 Å². The maximum atomic E-state index is 2.48. The van der Waals surface area contributed by atoms with Crippen molar-refractivity contribution in [3.8, 4) is 27.9 Å². The van der Waals surface area contributed by atoms with E-state index in [1.165, 1.54) is 104 Å². The Morgan fingerprint density at radius 1 is 0.582 bits per heavy atom. The second kappa shape index (κ2) is 14.3. The summed E-state index contributed by atoms with van der Waals surface area (Å²) in [4.78, 5) is 2.44. The summed E-state index contributed by atoms with van der Waals surface area (Å²) in [6, 6.07) is 60.7.